The molecule has 52 heavy (non-hydrogen) atoms. The minimum atomic E-state index is -1.25. The van der Waals surface area contributed by atoms with Gasteiger partial charge >= 0.3 is 5.97 Å². The van der Waals surface area contributed by atoms with Crippen LogP contribution in [0.4, 0.5) is 0 Å². The molecule has 8 N–H and O–H groups in total. The van der Waals surface area contributed by atoms with Gasteiger partial charge in [-0.1, -0.05) is 65.9 Å². The summed E-state index contributed by atoms with van der Waals surface area (Å²) >= 11 is 0. The van der Waals surface area contributed by atoms with E-state index >= 15 is 0 Å². The molecule has 1 heterocycles. The molecule has 5 amide bonds. The van der Waals surface area contributed by atoms with Crippen LogP contribution in [0.5, 0.6) is 0 Å². The molecule has 280 valence electrons. The Hall–Kier alpha value is -5.68. The first-order valence-corrected chi connectivity index (χ1v) is 16.7. The Labute approximate surface area is 301 Å². The quantitative estimate of drug-likeness (QED) is 0.0816. The number of hydrogen-bond acceptors (Lipinski definition) is 10. The lowest BCUT2D eigenvalue weighted by molar-refractivity contribution is -0.138. The van der Waals surface area contributed by atoms with Gasteiger partial charge in [-0.3, -0.25) is 28.8 Å². The summed E-state index contributed by atoms with van der Waals surface area (Å²) in [5, 5.41) is 29.4. The average Bonchev–Trinajstić information content (AvgIpc) is 3.58. The smallest absolute Gasteiger partial charge is 0.322 e. The van der Waals surface area contributed by atoms with Crippen LogP contribution in [0.1, 0.15) is 49.3 Å². The lowest BCUT2D eigenvalue weighted by atomic mass is 10.0. The highest BCUT2D eigenvalue weighted by atomic mass is 16.5. The van der Waals surface area contributed by atoms with Crippen molar-refractivity contribution in [2.24, 2.45) is 5.73 Å². The third-order valence-corrected chi connectivity index (χ3v) is 7.44. The van der Waals surface area contributed by atoms with Crippen LogP contribution in [0.2, 0.25) is 0 Å². The largest absolute Gasteiger partial charge is 0.480 e. The summed E-state index contributed by atoms with van der Waals surface area (Å²) in [5.41, 5.74) is 6.91. The molecule has 0 spiro atoms. The monoisotopic (exact) mass is 721 g/mol. The van der Waals surface area contributed by atoms with Crippen molar-refractivity contribution in [3.63, 3.8) is 0 Å². The molecule has 0 saturated carbocycles. The zero-order chi connectivity index (χ0) is 38.3. The highest BCUT2D eigenvalue weighted by Crippen LogP contribution is 2.12. The van der Waals surface area contributed by atoms with Crippen molar-refractivity contribution in [2.45, 2.75) is 76.9 Å². The van der Waals surface area contributed by atoms with Gasteiger partial charge in [0.1, 0.15) is 24.7 Å². The predicted molar refractivity (Wildman–Crippen MR) is 188 cm³/mol. The number of nitrogens with two attached hydrogens (primary N) is 1. The van der Waals surface area contributed by atoms with Crippen LogP contribution in [0, 0.1) is 0 Å². The lowest BCUT2D eigenvalue weighted by Gasteiger charge is -2.28. The third-order valence-electron chi connectivity index (χ3n) is 7.44. The molecule has 17 heteroatoms. The number of aliphatic carboxylic acids is 1. The van der Waals surface area contributed by atoms with Gasteiger partial charge in [0.25, 0.3) is 5.91 Å². The number of carbonyl (C=O) groups excluding carboxylic acids is 5. The predicted octanol–water partition coefficient (Wildman–Crippen LogP) is -0.689. The van der Waals surface area contributed by atoms with Gasteiger partial charge in [-0.2, -0.15) is 0 Å². The number of rotatable bonds is 19. The van der Waals surface area contributed by atoms with Gasteiger partial charge in [-0.15, -0.1) is 5.10 Å². The number of aromatic nitrogens is 3. The van der Waals surface area contributed by atoms with Crippen LogP contribution in [0.25, 0.3) is 0 Å². The molecule has 0 aliphatic rings. The van der Waals surface area contributed by atoms with E-state index in [9.17, 15) is 28.8 Å². The molecule has 2 aromatic carbocycles. The highest BCUT2D eigenvalue weighted by molar-refractivity contribution is 5.97. The minimum Gasteiger partial charge on any atom is -0.480 e. The number of nitrogens with zero attached hydrogens (tertiary/aromatic N) is 3. The standard InChI is InChI=1S/C35H47N9O8/c1-22(52-35(2,3)4)30(36)34(51)37-15-16-44-21-27(42-43-44)33(50)41-26(18-24-13-9-6-10-14-24)32(49)38-19-28(45)40-25(31(48)39-20-29(46)47)17-23-11-7-5-8-12-23/h5-14,21-22,25-26,30H,15-20,36H2,1-4H3,(H,37,51)(H,38,49)(H,39,48)(H,40,45)(H,41,50)(H,46,47)/t22?,25-,26-,30-/m0/s1. The van der Waals surface area contributed by atoms with Crippen molar-refractivity contribution in [1.29, 1.82) is 0 Å². The highest BCUT2D eigenvalue weighted by Gasteiger charge is 2.27. The SMILES string of the molecule is CC(OC(C)(C)C)[C@H](N)C(=O)NCCn1cc(C(=O)N[C@@H](Cc2ccccc2)C(=O)NCC(=O)N[C@@H](Cc2ccccc2)C(=O)NCC(=O)O)nn1. The van der Waals surface area contributed by atoms with Gasteiger partial charge in [0.05, 0.1) is 31.0 Å². The number of carboxylic acid groups (broad SMARTS) is 1. The fourth-order valence-electron chi connectivity index (χ4n) is 4.94. The molecule has 1 unspecified atom stereocenters. The summed E-state index contributed by atoms with van der Waals surface area (Å²) in [6.45, 7) is 6.46. The fraction of sp³-hybridized carbons (Fsp3) is 0.429. The van der Waals surface area contributed by atoms with E-state index in [2.05, 4.69) is 36.9 Å². The maximum atomic E-state index is 13.3. The zero-order valence-corrected chi connectivity index (χ0v) is 29.6. The van der Waals surface area contributed by atoms with Crippen LogP contribution in [0.15, 0.2) is 66.9 Å². The number of carboxylic acids is 1. The molecule has 17 nitrogen and oxygen atoms in total. The first-order chi connectivity index (χ1) is 24.6. The Morgan fingerprint density at radius 3 is 1.88 bits per heavy atom. The number of ether oxygens (including phenoxy) is 1. The van der Waals surface area contributed by atoms with E-state index in [1.165, 1.54) is 10.9 Å². The molecule has 3 aromatic rings. The molecule has 0 radical (unpaired) electrons. The summed E-state index contributed by atoms with van der Waals surface area (Å²) in [5.74, 6) is -4.47. The lowest BCUT2D eigenvalue weighted by Crippen LogP contribution is -2.53. The summed E-state index contributed by atoms with van der Waals surface area (Å²) in [6, 6.07) is 14.6. The van der Waals surface area contributed by atoms with Crippen molar-refractivity contribution in [3.05, 3.63) is 83.7 Å². The Morgan fingerprint density at radius 2 is 1.35 bits per heavy atom. The van der Waals surface area contributed by atoms with Gasteiger partial charge in [-0.05, 0) is 38.8 Å². The molecule has 3 rings (SSSR count). The molecule has 0 fully saturated rings. The Bertz CT molecular complexity index is 1660. The number of hydrogen-bond donors (Lipinski definition) is 7. The van der Waals surface area contributed by atoms with Crippen LogP contribution >= 0.6 is 0 Å². The van der Waals surface area contributed by atoms with Crippen LogP contribution in [0.3, 0.4) is 0 Å². The van der Waals surface area contributed by atoms with E-state index in [4.69, 9.17) is 15.6 Å². The van der Waals surface area contributed by atoms with Crippen LogP contribution in [-0.2, 0) is 48.1 Å². The van der Waals surface area contributed by atoms with E-state index in [-0.39, 0.29) is 31.6 Å². The maximum Gasteiger partial charge on any atom is 0.322 e. The fourth-order valence-corrected chi connectivity index (χ4v) is 4.94. The van der Waals surface area contributed by atoms with Gasteiger partial charge in [-0.25, -0.2) is 4.68 Å². The van der Waals surface area contributed by atoms with Crippen molar-refractivity contribution < 1.29 is 38.6 Å². The third kappa shape index (κ3) is 14.3. The Balaban J connectivity index is 1.60. The summed E-state index contributed by atoms with van der Waals surface area (Å²) in [4.78, 5) is 75.6. The van der Waals surface area contributed by atoms with E-state index in [0.29, 0.717) is 0 Å². The summed E-state index contributed by atoms with van der Waals surface area (Å²) in [7, 11) is 0. The van der Waals surface area contributed by atoms with Crippen molar-refractivity contribution in [3.8, 4) is 0 Å². The number of benzene rings is 2. The molecule has 1 aromatic heterocycles. The second kappa shape index (κ2) is 19.6. The van der Waals surface area contributed by atoms with Gasteiger partial charge in [0.2, 0.25) is 23.6 Å². The molecular formula is C35H47N9O8. The topological polar surface area (TPSA) is 249 Å². The number of nitrogens with one attached hydrogen (secondary N) is 5. The van der Waals surface area contributed by atoms with Crippen molar-refractivity contribution in [1.82, 2.24) is 41.6 Å². The van der Waals surface area contributed by atoms with E-state index in [1.807, 2.05) is 20.8 Å². The molecule has 0 saturated heterocycles. The summed E-state index contributed by atoms with van der Waals surface area (Å²) < 4.78 is 7.10. The number of amides is 5. The van der Waals surface area contributed by atoms with Crippen LogP contribution in [-0.4, -0.2) is 105 Å². The normalized spacial score (nSPS) is 13.5. The van der Waals surface area contributed by atoms with Gasteiger partial charge in [0.15, 0.2) is 5.69 Å². The molecule has 0 bridgehead atoms. The Kier molecular flexibility index (Phi) is 15.4. The van der Waals surface area contributed by atoms with Crippen molar-refractivity contribution in [2.75, 3.05) is 19.6 Å². The van der Waals surface area contributed by atoms with Gasteiger partial charge in [0, 0.05) is 19.4 Å². The molecule has 4 atom stereocenters. The average molecular weight is 722 g/mol. The number of carbonyl (C=O) groups is 6. The van der Waals surface area contributed by atoms with E-state index < -0.39 is 78.4 Å². The van der Waals surface area contributed by atoms with E-state index in [1.54, 1.807) is 67.6 Å². The minimum absolute atomic E-state index is 0.0743. The second-order valence-electron chi connectivity index (χ2n) is 13.0. The first kappa shape index (κ1) is 40.7. The molecule has 0 aliphatic heterocycles. The maximum absolute atomic E-state index is 13.3. The Morgan fingerprint density at radius 1 is 0.808 bits per heavy atom. The zero-order valence-electron chi connectivity index (χ0n) is 29.6. The molecular weight excluding hydrogens is 674 g/mol. The van der Waals surface area contributed by atoms with Crippen molar-refractivity contribution >= 4 is 35.5 Å². The van der Waals surface area contributed by atoms with Crippen LogP contribution < -0.4 is 32.3 Å². The first-order valence-electron chi connectivity index (χ1n) is 16.7. The second-order valence-corrected chi connectivity index (χ2v) is 13.0. The summed E-state index contributed by atoms with van der Waals surface area (Å²) in [6.07, 6.45) is 0.988. The van der Waals surface area contributed by atoms with Gasteiger partial charge < -0.3 is 42.2 Å². The molecule has 0 aliphatic carbocycles. The van der Waals surface area contributed by atoms with E-state index in [0.717, 1.165) is 11.1 Å².